The fraction of sp³-hybridized carbons (Fsp3) is 0.905. The number of amides is 1. The van der Waals surface area contributed by atoms with Gasteiger partial charge in [0.1, 0.15) is 5.78 Å². The van der Waals surface area contributed by atoms with Crippen LogP contribution in [0.1, 0.15) is 79.1 Å². The van der Waals surface area contributed by atoms with Crippen molar-refractivity contribution < 1.29 is 19.1 Å². The van der Waals surface area contributed by atoms with Gasteiger partial charge in [0.25, 0.3) is 0 Å². The quantitative estimate of drug-likeness (QED) is 0.599. The molecule has 2 aliphatic carbocycles. The molecule has 0 spiro atoms. The van der Waals surface area contributed by atoms with E-state index in [1.807, 2.05) is 13.8 Å². The number of ketones is 1. The first-order valence-corrected chi connectivity index (χ1v) is 10.4. The minimum Gasteiger partial charge on any atom is -0.378 e. The van der Waals surface area contributed by atoms with E-state index in [2.05, 4.69) is 19.2 Å². The third-order valence-corrected chi connectivity index (χ3v) is 5.46. The number of hydrogen-bond acceptors (Lipinski definition) is 4. The highest BCUT2D eigenvalue weighted by Gasteiger charge is 2.35. The van der Waals surface area contributed by atoms with Crippen molar-refractivity contribution in [1.29, 1.82) is 0 Å². The minimum atomic E-state index is 0.0862. The van der Waals surface area contributed by atoms with Gasteiger partial charge in [-0.25, -0.2) is 0 Å². The van der Waals surface area contributed by atoms with Gasteiger partial charge in [-0.05, 0) is 58.8 Å². The average molecular weight is 368 g/mol. The molecular formula is C21H37NO4. The monoisotopic (exact) mass is 367 g/mol. The van der Waals surface area contributed by atoms with Gasteiger partial charge in [-0.3, -0.25) is 9.59 Å². The number of nitrogens with one attached hydrogen (secondary N) is 1. The van der Waals surface area contributed by atoms with Crippen molar-refractivity contribution in [1.82, 2.24) is 5.32 Å². The van der Waals surface area contributed by atoms with E-state index in [0.29, 0.717) is 37.1 Å². The molecule has 0 aromatic carbocycles. The highest BCUT2D eigenvalue weighted by molar-refractivity contribution is 5.84. The van der Waals surface area contributed by atoms with Crippen LogP contribution in [-0.2, 0) is 19.1 Å². The lowest BCUT2D eigenvalue weighted by atomic mass is 9.75. The second kappa shape index (κ2) is 10.4. The molecule has 0 bridgehead atoms. The van der Waals surface area contributed by atoms with Crippen molar-refractivity contribution in [3.8, 4) is 0 Å². The van der Waals surface area contributed by atoms with Gasteiger partial charge in [0, 0.05) is 30.9 Å². The molecule has 2 fully saturated rings. The molecule has 5 nitrogen and oxygen atoms in total. The molecule has 26 heavy (non-hydrogen) atoms. The predicted molar refractivity (Wildman–Crippen MR) is 102 cm³/mol. The Kier molecular flexibility index (Phi) is 8.55. The first-order valence-electron chi connectivity index (χ1n) is 10.4. The zero-order chi connectivity index (χ0) is 19.1. The molecule has 1 amide bonds. The molecule has 0 saturated heterocycles. The van der Waals surface area contributed by atoms with Gasteiger partial charge in [0.15, 0.2) is 0 Å². The molecule has 0 atom stereocenters. The molecular weight excluding hydrogens is 330 g/mol. The molecule has 1 N–H and O–H groups in total. The van der Waals surface area contributed by atoms with Crippen LogP contribution in [-0.4, -0.2) is 42.7 Å². The molecule has 0 radical (unpaired) electrons. The van der Waals surface area contributed by atoms with Crippen LogP contribution in [0.3, 0.4) is 0 Å². The van der Waals surface area contributed by atoms with E-state index in [-0.39, 0.29) is 23.8 Å². The van der Waals surface area contributed by atoms with Crippen LogP contribution < -0.4 is 5.32 Å². The number of Topliss-reactive ketones (excluding diaryl/α,β-unsaturated/α-hetero) is 1. The number of carbonyl (C=O) groups excluding carboxylic acids is 2. The summed E-state index contributed by atoms with van der Waals surface area (Å²) in [6.07, 6.45) is 8.12. The Balaban J connectivity index is 1.48. The maximum Gasteiger partial charge on any atom is 0.220 e. The van der Waals surface area contributed by atoms with Crippen molar-refractivity contribution in [3.63, 3.8) is 0 Å². The third-order valence-electron chi connectivity index (χ3n) is 5.46. The Labute approximate surface area is 158 Å². The Bertz CT molecular complexity index is 449. The van der Waals surface area contributed by atoms with Gasteiger partial charge in [-0.15, -0.1) is 0 Å². The molecule has 0 heterocycles. The van der Waals surface area contributed by atoms with Gasteiger partial charge in [0.05, 0.1) is 18.3 Å². The lowest BCUT2D eigenvalue weighted by molar-refractivity contribution is -0.131. The fourth-order valence-electron chi connectivity index (χ4n) is 3.94. The molecule has 2 aliphatic rings. The van der Waals surface area contributed by atoms with Crippen LogP contribution in [0.25, 0.3) is 0 Å². The van der Waals surface area contributed by atoms with Crippen LogP contribution in [0.15, 0.2) is 0 Å². The Morgan fingerprint density at radius 2 is 1.62 bits per heavy atom. The fourth-order valence-corrected chi connectivity index (χ4v) is 3.94. The average Bonchev–Trinajstić information content (AvgIpc) is 2.55. The Hall–Kier alpha value is -0.940. The Morgan fingerprint density at radius 3 is 2.19 bits per heavy atom. The van der Waals surface area contributed by atoms with Gasteiger partial charge >= 0.3 is 0 Å². The zero-order valence-electron chi connectivity index (χ0n) is 17.0. The Morgan fingerprint density at radius 1 is 1.00 bits per heavy atom. The van der Waals surface area contributed by atoms with Gasteiger partial charge in [-0.1, -0.05) is 13.8 Å². The smallest absolute Gasteiger partial charge is 0.220 e. The van der Waals surface area contributed by atoms with Gasteiger partial charge in [0.2, 0.25) is 5.91 Å². The maximum absolute atomic E-state index is 12.0. The third kappa shape index (κ3) is 6.99. The molecule has 0 aromatic heterocycles. The molecule has 0 unspecified atom stereocenters. The summed E-state index contributed by atoms with van der Waals surface area (Å²) in [6.45, 7) is 8.70. The number of ether oxygens (including phenoxy) is 2. The summed E-state index contributed by atoms with van der Waals surface area (Å²) in [4.78, 5) is 23.8. The summed E-state index contributed by atoms with van der Waals surface area (Å²) in [7, 11) is 0. The second-order valence-electron chi connectivity index (χ2n) is 8.55. The van der Waals surface area contributed by atoms with Crippen molar-refractivity contribution in [3.05, 3.63) is 0 Å². The normalized spacial score (nSPS) is 28.8. The van der Waals surface area contributed by atoms with Crippen LogP contribution in [0.5, 0.6) is 0 Å². The van der Waals surface area contributed by atoms with E-state index in [9.17, 15) is 9.59 Å². The standard InChI is InChI=1S/C21H37NO4/c1-14(2)21(24)16-12-17(13-16)22-20(23)6-5-11-25-18-7-9-19(10-8-18)26-15(3)4/h14-19H,5-13H2,1-4H3,(H,22,23). The first kappa shape index (κ1) is 21.4. The van der Waals surface area contributed by atoms with Crippen molar-refractivity contribution >= 4 is 11.7 Å². The van der Waals surface area contributed by atoms with E-state index in [0.717, 1.165) is 44.9 Å². The van der Waals surface area contributed by atoms with E-state index >= 15 is 0 Å². The predicted octanol–water partition coefficient (Wildman–Crippen LogP) is 3.64. The van der Waals surface area contributed by atoms with Crippen molar-refractivity contribution in [2.45, 2.75) is 103 Å². The zero-order valence-corrected chi connectivity index (χ0v) is 17.0. The second-order valence-corrected chi connectivity index (χ2v) is 8.55. The summed E-state index contributed by atoms with van der Waals surface area (Å²) in [5, 5.41) is 3.04. The van der Waals surface area contributed by atoms with E-state index in [4.69, 9.17) is 9.47 Å². The van der Waals surface area contributed by atoms with Crippen LogP contribution >= 0.6 is 0 Å². The summed E-state index contributed by atoms with van der Waals surface area (Å²) >= 11 is 0. The number of hydrogen-bond donors (Lipinski definition) is 1. The summed E-state index contributed by atoms with van der Waals surface area (Å²) in [5.41, 5.74) is 0. The van der Waals surface area contributed by atoms with Crippen LogP contribution in [0.2, 0.25) is 0 Å². The van der Waals surface area contributed by atoms with Gasteiger partial charge in [-0.2, -0.15) is 0 Å². The van der Waals surface area contributed by atoms with E-state index in [1.54, 1.807) is 0 Å². The van der Waals surface area contributed by atoms with E-state index < -0.39 is 0 Å². The lowest BCUT2D eigenvalue weighted by Crippen LogP contribution is -2.47. The first-order chi connectivity index (χ1) is 12.3. The molecule has 2 rings (SSSR count). The lowest BCUT2D eigenvalue weighted by Gasteiger charge is -2.35. The molecule has 2 saturated carbocycles. The maximum atomic E-state index is 12.0. The number of carbonyl (C=O) groups is 2. The highest BCUT2D eigenvalue weighted by Crippen LogP contribution is 2.30. The minimum absolute atomic E-state index is 0.0862. The summed E-state index contributed by atoms with van der Waals surface area (Å²) in [6, 6.07) is 0.187. The van der Waals surface area contributed by atoms with Gasteiger partial charge < -0.3 is 14.8 Å². The van der Waals surface area contributed by atoms with Crippen LogP contribution in [0, 0.1) is 11.8 Å². The number of rotatable bonds is 10. The SMILES string of the molecule is CC(C)OC1CCC(OCCCC(=O)NC2CC(C(=O)C(C)C)C2)CC1. The largest absolute Gasteiger partial charge is 0.378 e. The summed E-state index contributed by atoms with van der Waals surface area (Å²) < 4.78 is 11.8. The summed E-state index contributed by atoms with van der Waals surface area (Å²) in [5.74, 6) is 0.666. The molecule has 150 valence electrons. The molecule has 0 aromatic rings. The van der Waals surface area contributed by atoms with Crippen molar-refractivity contribution in [2.24, 2.45) is 11.8 Å². The van der Waals surface area contributed by atoms with E-state index in [1.165, 1.54) is 0 Å². The molecule has 0 aliphatic heterocycles. The molecule has 5 heteroatoms. The van der Waals surface area contributed by atoms with Crippen LogP contribution in [0.4, 0.5) is 0 Å². The topological polar surface area (TPSA) is 64.6 Å². The van der Waals surface area contributed by atoms with Crippen molar-refractivity contribution in [2.75, 3.05) is 6.61 Å². The highest BCUT2D eigenvalue weighted by atomic mass is 16.5.